The molecule has 0 aromatic heterocycles. The Morgan fingerprint density at radius 3 is 2.82 bits per heavy atom. The Kier molecular flexibility index (Phi) is 2.71. The van der Waals surface area contributed by atoms with Gasteiger partial charge in [0.2, 0.25) is 0 Å². The topological polar surface area (TPSA) is 78.9 Å². The lowest BCUT2D eigenvalue weighted by Crippen LogP contribution is -2.33. The van der Waals surface area contributed by atoms with Gasteiger partial charge in [-0.3, -0.25) is 0 Å². The molecule has 0 saturated carbocycles. The Bertz CT molecular complexity index is 481. The second kappa shape index (κ2) is 4.04. The Morgan fingerprint density at radius 1 is 1.53 bits per heavy atom. The molecule has 0 aliphatic carbocycles. The lowest BCUT2D eigenvalue weighted by Gasteiger charge is -2.22. The van der Waals surface area contributed by atoms with Crippen molar-refractivity contribution in [2.75, 3.05) is 6.54 Å². The smallest absolute Gasteiger partial charge is 0.346 e. The van der Waals surface area contributed by atoms with Gasteiger partial charge in [0.05, 0.1) is 0 Å². The van der Waals surface area contributed by atoms with E-state index in [0.29, 0.717) is 12.1 Å². The van der Waals surface area contributed by atoms with Gasteiger partial charge in [-0.15, -0.1) is 0 Å². The number of nitrogens with zero attached hydrogens (tertiary/aromatic N) is 2. The average molecular weight is 237 g/mol. The summed E-state index contributed by atoms with van der Waals surface area (Å²) in [5.74, 6) is -0.673. The SMILES string of the molecule is CCN1C(=O)N=C(N)C1c1cc(O)cc(F)c1. The highest BCUT2D eigenvalue weighted by Crippen LogP contribution is 2.29. The van der Waals surface area contributed by atoms with Gasteiger partial charge in [0.15, 0.2) is 0 Å². The van der Waals surface area contributed by atoms with Crippen molar-refractivity contribution in [2.24, 2.45) is 10.7 Å². The van der Waals surface area contributed by atoms with E-state index in [2.05, 4.69) is 4.99 Å². The number of halogens is 1. The first-order valence-electron chi connectivity index (χ1n) is 5.17. The number of carbonyl (C=O) groups excluding carboxylic acids is 1. The number of likely N-dealkylation sites (N-methyl/N-ethyl adjacent to an activating group) is 1. The predicted molar refractivity (Wildman–Crippen MR) is 60.2 cm³/mol. The molecular weight excluding hydrogens is 225 g/mol. The van der Waals surface area contributed by atoms with Gasteiger partial charge >= 0.3 is 6.03 Å². The molecule has 2 amide bonds. The molecule has 1 atom stereocenters. The molecule has 0 spiro atoms. The maximum absolute atomic E-state index is 13.2. The van der Waals surface area contributed by atoms with Crippen LogP contribution >= 0.6 is 0 Å². The summed E-state index contributed by atoms with van der Waals surface area (Å²) in [5.41, 5.74) is 6.06. The fraction of sp³-hybridized carbons (Fsp3) is 0.273. The normalized spacial score (nSPS) is 19.6. The number of hydrogen-bond donors (Lipinski definition) is 2. The van der Waals surface area contributed by atoms with E-state index in [1.54, 1.807) is 6.92 Å². The highest BCUT2D eigenvalue weighted by Gasteiger charge is 2.33. The molecule has 1 unspecified atom stereocenters. The average Bonchev–Trinajstić information content (AvgIpc) is 2.51. The van der Waals surface area contributed by atoms with Crippen LogP contribution < -0.4 is 5.73 Å². The number of phenols is 1. The minimum Gasteiger partial charge on any atom is -0.508 e. The molecule has 6 heteroatoms. The third-order valence-electron chi connectivity index (χ3n) is 2.62. The summed E-state index contributed by atoms with van der Waals surface area (Å²) in [6, 6.07) is 2.54. The molecule has 1 aliphatic rings. The second-order valence-corrected chi connectivity index (χ2v) is 3.75. The first kappa shape index (κ1) is 11.4. The molecule has 1 aromatic rings. The molecule has 17 heavy (non-hydrogen) atoms. The summed E-state index contributed by atoms with van der Waals surface area (Å²) in [5, 5.41) is 9.34. The maximum atomic E-state index is 13.2. The van der Waals surface area contributed by atoms with Crippen molar-refractivity contribution in [1.82, 2.24) is 4.90 Å². The fourth-order valence-corrected chi connectivity index (χ4v) is 1.93. The first-order valence-corrected chi connectivity index (χ1v) is 5.17. The maximum Gasteiger partial charge on any atom is 0.346 e. The van der Waals surface area contributed by atoms with Gasteiger partial charge in [-0.2, -0.15) is 4.99 Å². The molecule has 0 fully saturated rings. The minimum absolute atomic E-state index is 0.113. The van der Waals surface area contributed by atoms with Crippen molar-refractivity contribution in [3.8, 4) is 5.75 Å². The van der Waals surface area contributed by atoms with Crippen LogP contribution in [-0.2, 0) is 0 Å². The quantitative estimate of drug-likeness (QED) is 0.815. The van der Waals surface area contributed by atoms with Crippen LogP contribution in [0.1, 0.15) is 18.5 Å². The van der Waals surface area contributed by atoms with Crippen LogP contribution in [0, 0.1) is 5.82 Å². The third kappa shape index (κ3) is 1.93. The lowest BCUT2D eigenvalue weighted by atomic mass is 10.0. The number of aromatic hydroxyl groups is 1. The Hall–Kier alpha value is -2.11. The number of nitrogens with two attached hydrogens (primary N) is 1. The zero-order valence-electron chi connectivity index (χ0n) is 9.22. The van der Waals surface area contributed by atoms with Crippen LogP contribution in [-0.4, -0.2) is 28.4 Å². The van der Waals surface area contributed by atoms with Crippen molar-refractivity contribution >= 4 is 11.9 Å². The lowest BCUT2D eigenvalue weighted by molar-refractivity contribution is 0.209. The number of carbonyl (C=O) groups is 1. The molecule has 1 aromatic carbocycles. The van der Waals surface area contributed by atoms with Crippen molar-refractivity contribution in [1.29, 1.82) is 0 Å². The van der Waals surface area contributed by atoms with Gasteiger partial charge in [-0.1, -0.05) is 0 Å². The van der Waals surface area contributed by atoms with E-state index in [0.717, 1.165) is 6.07 Å². The van der Waals surface area contributed by atoms with Crippen molar-refractivity contribution in [3.05, 3.63) is 29.6 Å². The van der Waals surface area contributed by atoms with E-state index in [1.807, 2.05) is 0 Å². The van der Waals surface area contributed by atoms with Gasteiger partial charge in [0, 0.05) is 12.6 Å². The fourth-order valence-electron chi connectivity index (χ4n) is 1.93. The third-order valence-corrected chi connectivity index (χ3v) is 2.62. The van der Waals surface area contributed by atoms with Gasteiger partial charge in [-0.25, -0.2) is 9.18 Å². The van der Waals surface area contributed by atoms with Crippen molar-refractivity contribution in [2.45, 2.75) is 13.0 Å². The Labute approximate surface area is 97.4 Å². The summed E-state index contributed by atoms with van der Waals surface area (Å²) in [7, 11) is 0. The zero-order chi connectivity index (χ0) is 12.6. The number of benzene rings is 1. The summed E-state index contributed by atoms with van der Waals surface area (Å²) < 4.78 is 13.2. The number of rotatable bonds is 2. The summed E-state index contributed by atoms with van der Waals surface area (Å²) >= 11 is 0. The second-order valence-electron chi connectivity index (χ2n) is 3.75. The van der Waals surface area contributed by atoms with Crippen LogP contribution in [0.25, 0.3) is 0 Å². The number of amides is 2. The monoisotopic (exact) mass is 237 g/mol. The van der Waals surface area contributed by atoms with Gasteiger partial charge in [0.25, 0.3) is 0 Å². The molecule has 1 heterocycles. The van der Waals surface area contributed by atoms with E-state index in [9.17, 15) is 14.3 Å². The largest absolute Gasteiger partial charge is 0.508 e. The zero-order valence-corrected chi connectivity index (χ0v) is 9.22. The molecule has 90 valence electrons. The highest BCUT2D eigenvalue weighted by molar-refractivity contribution is 6.03. The van der Waals surface area contributed by atoms with Crippen molar-refractivity contribution in [3.63, 3.8) is 0 Å². The van der Waals surface area contributed by atoms with E-state index in [1.165, 1.54) is 17.0 Å². The van der Waals surface area contributed by atoms with Gasteiger partial charge in [-0.05, 0) is 24.6 Å². The number of phenolic OH excluding ortho intramolecular Hbond substituents is 1. The van der Waals surface area contributed by atoms with Crippen LogP contribution in [0.15, 0.2) is 23.2 Å². The standard InChI is InChI=1S/C11H12FN3O2/c1-2-15-9(10(13)14-11(15)17)6-3-7(12)5-8(16)4-6/h3-5,9,16H,2H2,1H3,(H2,13,14,17). The summed E-state index contributed by atoms with van der Waals surface area (Å²) in [6.45, 7) is 2.18. The van der Waals surface area contributed by atoms with E-state index >= 15 is 0 Å². The molecule has 1 aliphatic heterocycles. The number of amidine groups is 1. The minimum atomic E-state index is -0.603. The van der Waals surface area contributed by atoms with Gasteiger partial charge in [0.1, 0.15) is 23.4 Å². The molecule has 5 nitrogen and oxygen atoms in total. The highest BCUT2D eigenvalue weighted by atomic mass is 19.1. The molecule has 0 radical (unpaired) electrons. The molecule has 3 N–H and O–H groups in total. The molecule has 0 bridgehead atoms. The van der Waals surface area contributed by atoms with Crippen LogP contribution in [0.3, 0.4) is 0 Å². The van der Waals surface area contributed by atoms with Crippen molar-refractivity contribution < 1.29 is 14.3 Å². The van der Waals surface area contributed by atoms with E-state index in [-0.39, 0.29) is 11.6 Å². The van der Waals surface area contributed by atoms with Crippen LogP contribution in [0.5, 0.6) is 5.75 Å². The Morgan fingerprint density at radius 2 is 2.24 bits per heavy atom. The van der Waals surface area contributed by atoms with E-state index in [4.69, 9.17) is 5.73 Å². The Balaban J connectivity index is 2.45. The molecule has 2 rings (SSSR count). The summed E-state index contributed by atoms with van der Waals surface area (Å²) in [6.07, 6.45) is 0. The van der Waals surface area contributed by atoms with E-state index < -0.39 is 17.9 Å². The molecule has 0 saturated heterocycles. The first-order chi connectivity index (χ1) is 8.02. The van der Waals surface area contributed by atoms with Crippen LogP contribution in [0.4, 0.5) is 9.18 Å². The number of aliphatic imine (C=N–C) groups is 1. The van der Waals surface area contributed by atoms with Crippen LogP contribution in [0.2, 0.25) is 0 Å². The number of hydrogen-bond acceptors (Lipinski definition) is 3. The molecular formula is C11H12FN3O2. The predicted octanol–water partition coefficient (Wildman–Crippen LogP) is 1.39. The number of urea groups is 1. The summed E-state index contributed by atoms with van der Waals surface area (Å²) in [4.78, 5) is 16.5. The van der Waals surface area contributed by atoms with Gasteiger partial charge < -0.3 is 15.7 Å².